The molecule has 2 aromatic rings. The number of terminal acetylenes is 1. The highest BCUT2D eigenvalue weighted by atomic mass is 35.5. The number of carbonyl (C=O) groups is 3. The maximum Gasteiger partial charge on any atom is 0.416 e. The minimum absolute atomic E-state index is 0.00939. The topological polar surface area (TPSA) is 94.2 Å². The predicted molar refractivity (Wildman–Crippen MR) is 132 cm³/mol. The number of rotatable bonds is 8. The van der Waals surface area contributed by atoms with E-state index in [1.165, 1.54) is 32.4 Å². The molecular weight excluding hydrogens is 537 g/mol. The van der Waals surface area contributed by atoms with Gasteiger partial charge in [0.25, 0.3) is 11.1 Å². The highest BCUT2D eigenvalue weighted by Gasteiger charge is 2.37. The van der Waals surface area contributed by atoms with Crippen LogP contribution in [0.3, 0.4) is 0 Å². The summed E-state index contributed by atoms with van der Waals surface area (Å²) in [5, 5.41) is 1.66. The minimum atomic E-state index is -4.65. The standard InChI is InChI=1S/C24H18ClF3N2O6S/c1-4-7-36-21-15(25)8-13(9-18(21)35-3)10-19-22(32)30(23(33)37-19)12-20(31)29-16-11-14(24(26,27)28)5-6-17(16)34-2/h1,5-6,8-11H,7,12H2,2-3H3,(H,29,31)/b19-10-. The van der Waals surface area contributed by atoms with Crippen LogP contribution in [0.1, 0.15) is 11.1 Å². The van der Waals surface area contributed by atoms with Gasteiger partial charge in [0.1, 0.15) is 18.9 Å². The zero-order chi connectivity index (χ0) is 27.3. The third-order valence-electron chi connectivity index (χ3n) is 4.83. The predicted octanol–water partition coefficient (Wildman–Crippen LogP) is 5.06. The zero-order valence-electron chi connectivity index (χ0n) is 19.3. The Labute approximate surface area is 218 Å². The lowest BCUT2D eigenvalue weighted by molar-refractivity contribution is -0.137. The molecule has 1 fully saturated rings. The third kappa shape index (κ3) is 6.49. The molecule has 0 radical (unpaired) electrons. The Morgan fingerprint density at radius 1 is 1.19 bits per heavy atom. The van der Waals surface area contributed by atoms with Crippen molar-refractivity contribution < 1.29 is 41.8 Å². The van der Waals surface area contributed by atoms with E-state index in [0.717, 1.165) is 12.1 Å². The second kappa shape index (κ2) is 11.5. The van der Waals surface area contributed by atoms with Gasteiger partial charge in [0.2, 0.25) is 5.91 Å². The van der Waals surface area contributed by atoms with Gasteiger partial charge < -0.3 is 19.5 Å². The van der Waals surface area contributed by atoms with Crippen LogP contribution < -0.4 is 19.5 Å². The van der Waals surface area contributed by atoms with Gasteiger partial charge in [-0.05, 0) is 53.7 Å². The highest BCUT2D eigenvalue weighted by molar-refractivity contribution is 8.18. The first-order valence-corrected chi connectivity index (χ1v) is 11.4. The largest absolute Gasteiger partial charge is 0.495 e. The maximum atomic E-state index is 13.1. The van der Waals surface area contributed by atoms with E-state index in [4.69, 9.17) is 32.2 Å². The summed E-state index contributed by atoms with van der Waals surface area (Å²) >= 11 is 6.81. The molecular formula is C24H18ClF3N2O6S. The average Bonchev–Trinajstić information content (AvgIpc) is 3.09. The number of halogens is 4. The van der Waals surface area contributed by atoms with Crippen LogP contribution in [0.4, 0.5) is 23.7 Å². The van der Waals surface area contributed by atoms with Crippen LogP contribution in [0.5, 0.6) is 17.2 Å². The summed E-state index contributed by atoms with van der Waals surface area (Å²) in [5.41, 5.74) is -0.875. The van der Waals surface area contributed by atoms with Gasteiger partial charge in [-0.2, -0.15) is 13.2 Å². The molecule has 0 bridgehead atoms. The fourth-order valence-electron chi connectivity index (χ4n) is 3.18. The molecule has 1 heterocycles. The molecule has 1 aliphatic heterocycles. The Kier molecular flexibility index (Phi) is 8.62. The molecule has 2 aromatic carbocycles. The van der Waals surface area contributed by atoms with Crippen LogP contribution in [-0.2, 0) is 15.8 Å². The molecule has 194 valence electrons. The number of ether oxygens (including phenoxy) is 3. The van der Waals surface area contributed by atoms with Crippen molar-refractivity contribution >= 4 is 52.2 Å². The summed E-state index contributed by atoms with van der Waals surface area (Å²) in [7, 11) is 2.60. The van der Waals surface area contributed by atoms with E-state index >= 15 is 0 Å². The number of imide groups is 1. The molecule has 3 rings (SSSR count). The Bertz CT molecular complexity index is 1320. The number of carbonyl (C=O) groups excluding carboxylic acids is 3. The Hall–Kier alpha value is -3.82. The number of thioether (sulfide) groups is 1. The maximum absolute atomic E-state index is 13.1. The molecule has 1 N–H and O–H groups in total. The molecule has 0 atom stereocenters. The van der Waals surface area contributed by atoms with E-state index in [9.17, 15) is 27.6 Å². The number of benzene rings is 2. The second-order valence-corrected chi connectivity index (χ2v) is 8.66. The monoisotopic (exact) mass is 554 g/mol. The molecule has 0 spiro atoms. The van der Waals surface area contributed by atoms with Crippen LogP contribution in [0, 0.1) is 12.3 Å². The summed E-state index contributed by atoms with van der Waals surface area (Å²) in [6.45, 7) is -0.785. The summed E-state index contributed by atoms with van der Waals surface area (Å²) in [6.07, 6.45) is 1.91. The average molecular weight is 555 g/mol. The summed E-state index contributed by atoms with van der Waals surface area (Å²) in [4.78, 5) is 38.4. The van der Waals surface area contributed by atoms with Gasteiger partial charge in [0, 0.05) is 0 Å². The van der Waals surface area contributed by atoms with E-state index < -0.39 is 35.3 Å². The molecule has 13 heteroatoms. The van der Waals surface area contributed by atoms with E-state index in [0.29, 0.717) is 28.3 Å². The number of methoxy groups -OCH3 is 2. The number of hydrogen-bond acceptors (Lipinski definition) is 7. The number of amides is 3. The minimum Gasteiger partial charge on any atom is -0.495 e. The normalized spacial score (nSPS) is 14.5. The van der Waals surface area contributed by atoms with Crippen molar-refractivity contribution in [2.45, 2.75) is 6.18 Å². The lowest BCUT2D eigenvalue weighted by Crippen LogP contribution is -2.36. The van der Waals surface area contributed by atoms with Gasteiger partial charge in [0.15, 0.2) is 11.5 Å². The van der Waals surface area contributed by atoms with Gasteiger partial charge in [-0.15, -0.1) is 6.42 Å². The number of anilines is 1. The first kappa shape index (κ1) is 27.8. The highest BCUT2D eigenvalue weighted by Crippen LogP contribution is 2.39. The van der Waals surface area contributed by atoms with Crippen LogP contribution in [0.25, 0.3) is 6.08 Å². The Morgan fingerprint density at radius 2 is 1.89 bits per heavy atom. The van der Waals surface area contributed by atoms with Crippen molar-refractivity contribution in [3.8, 4) is 29.6 Å². The first-order valence-electron chi connectivity index (χ1n) is 10.2. The van der Waals surface area contributed by atoms with Gasteiger partial charge in [-0.1, -0.05) is 17.5 Å². The molecule has 1 saturated heterocycles. The van der Waals surface area contributed by atoms with Crippen molar-refractivity contribution in [3.05, 3.63) is 51.4 Å². The molecule has 37 heavy (non-hydrogen) atoms. The van der Waals surface area contributed by atoms with Crippen molar-refractivity contribution in [2.75, 3.05) is 32.7 Å². The van der Waals surface area contributed by atoms with E-state index in [1.807, 2.05) is 0 Å². The number of hydrogen-bond donors (Lipinski definition) is 1. The van der Waals surface area contributed by atoms with Crippen molar-refractivity contribution in [1.29, 1.82) is 0 Å². The molecule has 0 unspecified atom stereocenters. The summed E-state index contributed by atoms with van der Waals surface area (Å²) in [6, 6.07) is 5.52. The zero-order valence-corrected chi connectivity index (χ0v) is 20.8. The lowest BCUT2D eigenvalue weighted by atomic mass is 10.1. The van der Waals surface area contributed by atoms with Crippen LogP contribution >= 0.6 is 23.4 Å². The fraction of sp³-hybridized carbons (Fsp3) is 0.208. The smallest absolute Gasteiger partial charge is 0.416 e. The number of nitrogens with one attached hydrogen (secondary N) is 1. The molecule has 8 nitrogen and oxygen atoms in total. The number of nitrogens with zero attached hydrogens (tertiary/aromatic N) is 1. The van der Waals surface area contributed by atoms with Gasteiger partial charge in [-0.3, -0.25) is 19.3 Å². The van der Waals surface area contributed by atoms with Crippen molar-refractivity contribution in [1.82, 2.24) is 4.90 Å². The van der Waals surface area contributed by atoms with Gasteiger partial charge in [0.05, 0.1) is 35.4 Å². The summed E-state index contributed by atoms with van der Waals surface area (Å²) < 4.78 is 54.7. The summed E-state index contributed by atoms with van der Waals surface area (Å²) in [5.74, 6) is 1.03. The Balaban J connectivity index is 1.78. The third-order valence-corrected chi connectivity index (χ3v) is 6.01. The SMILES string of the molecule is C#CCOc1c(Cl)cc(/C=C2\SC(=O)N(CC(=O)Nc3cc(C(F)(F)F)ccc3OC)C2=O)cc1OC. The molecule has 1 aliphatic rings. The van der Waals surface area contributed by atoms with Crippen LogP contribution in [0.15, 0.2) is 35.2 Å². The fourth-order valence-corrected chi connectivity index (χ4v) is 4.29. The van der Waals surface area contributed by atoms with E-state index in [2.05, 4.69) is 11.2 Å². The van der Waals surface area contributed by atoms with Crippen molar-refractivity contribution in [2.24, 2.45) is 0 Å². The first-order chi connectivity index (χ1) is 17.5. The van der Waals surface area contributed by atoms with Gasteiger partial charge in [-0.25, -0.2) is 0 Å². The van der Waals surface area contributed by atoms with E-state index in [-0.39, 0.29) is 39.5 Å². The molecule has 3 amide bonds. The van der Waals surface area contributed by atoms with E-state index in [1.54, 1.807) is 0 Å². The van der Waals surface area contributed by atoms with Crippen LogP contribution in [0.2, 0.25) is 5.02 Å². The quantitative estimate of drug-likeness (QED) is 0.360. The molecule has 0 aliphatic carbocycles. The van der Waals surface area contributed by atoms with Gasteiger partial charge >= 0.3 is 6.18 Å². The Morgan fingerprint density at radius 3 is 2.51 bits per heavy atom. The number of alkyl halides is 3. The van der Waals surface area contributed by atoms with Crippen LogP contribution in [-0.4, -0.2) is 49.3 Å². The lowest BCUT2D eigenvalue weighted by Gasteiger charge is -2.16. The molecule has 0 saturated carbocycles. The molecule has 0 aromatic heterocycles. The second-order valence-electron chi connectivity index (χ2n) is 7.26. The van der Waals surface area contributed by atoms with Crippen molar-refractivity contribution in [3.63, 3.8) is 0 Å².